The van der Waals surface area contributed by atoms with Crippen LogP contribution in [0.5, 0.6) is 0 Å². The number of nitrogens with zero attached hydrogens (tertiary/aromatic N) is 2. The molecule has 1 N–H and O–H groups in total. The number of nitrogens with one attached hydrogen (secondary N) is 1. The van der Waals surface area contributed by atoms with Crippen molar-refractivity contribution in [3.63, 3.8) is 0 Å². The van der Waals surface area contributed by atoms with Gasteiger partial charge in [0.1, 0.15) is 0 Å². The van der Waals surface area contributed by atoms with Crippen molar-refractivity contribution in [2.75, 3.05) is 27.3 Å². The van der Waals surface area contributed by atoms with E-state index in [0.29, 0.717) is 41.7 Å². The van der Waals surface area contributed by atoms with Gasteiger partial charge in [0.2, 0.25) is 0 Å². The third-order valence-corrected chi connectivity index (χ3v) is 6.44. The van der Waals surface area contributed by atoms with Crippen molar-refractivity contribution in [3.05, 3.63) is 112 Å². The van der Waals surface area contributed by atoms with E-state index in [2.05, 4.69) is 17.1 Å². The van der Waals surface area contributed by atoms with Crippen LogP contribution in [-0.2, 0) is 11.3 Å². The summed E-state index contributed by atoms with van der Waals surface area (Å²) in [6.07, 6.45) is 0.745. The Morgan fingerprint density at radius 1 is 0.944 bits per heavy atom. The molecule has 1 amide bonds. The van der Waals surface area contributed by atoms with Crippen LogP contribution in [-0.4, -0.2) is 42.7 Å². The number of amides is 1. The van der Waals surface area contributed by atoms with Gasteiger partial charge in [-0.25, -0.2) is 0 Å². The summed E-state index contributed by atoms with van der Waals surface area (Å²) < 4.78 is 6.95. The molecule has 0 unspecified atom stereocenters. The molecule has 0 bridgehead atoms. The van der Waals surface area contributed by atoms with Gasteiger partial charge in [-0.2, -0.15) is 0 Å². The maximum absolute atomic E-state index is 14.0. The average Bonchev–Trinajstić information content (AvgIpc) is 2.91. The van der Waals surface area contributed by atoms with Crippen molar-refractivity contribution >= 4 is 16.7 Å². The summed E-state index contributed by atoms with van der Waals surface area (Å²) in [6.45, 7) is 3.67. The standard InChI is InChI=1S/C30H33N3O3/c1-4-26(22-13-7-5-8-14-22)31-29(34)28-24-17-11-12-18-25(24)30(35)33(23-15-9-6-10-16-23)27(28)21-32(2)19-20-36-3/h5-18,26H,4,19-21H2,1-3H3,(H,31,34)/t26-/m0/s1. The first kappa shape index (κ1) is 25.4. The van der Waals surface area contributed by atoms with E-state index >= 15 is 0 Å². The second-order valence-corrected chi connectivity index (χ2v) is 8.92. The van der Waals surface area contributed by atoms with Gasteiger partial charge in [-0.1, -0.05) is 73.7 Å². The van der Waals surface area contributed by atoms with Crippen LogP contribution in [0.3, 0.4) is 0 Å². The lowest BCUT2D eigenvalue weighted by Gasteiger charge is -2.25. The molecule has 0 aliphatic heterocycles. The van der Waals surface area contributed by atoms with E-state index in [0.717, 1.165) is 17.7 Å². The fourth-order valence-corrected chi connectivity index (χ4v) is 4.57. The molecule has 0 aliphatic rings. The molecule has 0 aliphatic carbocycles. The third kappa shape index (κ3) is 5.40. The molecule has 0 spiro atoms. The highest BCUT2D eigenvalue weighted by atomic mass is 16.5. The van der Waals surface area contributed by atoms with E-state index < -0.39 is 0 Å². The minimum Gasteiger partial charge on any atom is -0.383 e. The molecule has 186 valence electrons. The van der Waals surface area contributed by atoms with Crippen LogP contribution in [0.25, 0.3) is 16.5 Å². The Morgan fingerprint density at radius 3 is 2.19 bits per heavy atom. The summed E-state index contributed by atoms with van der Waals surface area (Å²) >= 11 is 0. The lowest BCUT2D eigenvalue weighted by atomic mass is 9.99. The number of fused-ring (bicyclic) bond motifs is 1. The number of methoxy groups -OCH3 is 1. The minimum absolute atomic E-state index is 0.140. The zero-order valence-electron chi connectivity index (χ0n) is 21.1. The number of rotatable bonds is 10. The average molecular weight is 484 g/mol. The van der Waals surface area contributed by atoms with E-state index in [1.165, 1.54) is 0 Å². The van der Waals surface area contributed by atoms with Gasteiger partial charge < -0.3 is 10.1 Å². The fraction of sp³-hybridized carbons (Fsp3) is 0.267. The number of likely N-dealkylation sites (N-methyl/N-ethyl adjacent to an activating group) is 1. The summed E-state index contributed by atoms with van der Waals surface area (Å²) in [5.74, 6) is -0.193. The van der Waals surface area contributed by atoms with Crippen molar-refractivity contribution in [1.29, 1.82) is 0 Å². The number of para-hydroxylation sites is 1. The van der Waals surface area contributed by atoms with Crippen LogP contribution in [0.4, 0.5) is 0 Å². The Balaban J connectivity index is 1.92. The van der Waals surface area contributed by atoms with Crippen LogP contribution in [0.2, 0.25) is 0 Å². The molecule has 1 aromatic heterocycles. The molecule has 4 aromatic rings. The number of pyridine rings is 1. The quantitative estimate of drug-likeness (QED) is 0.347. The molecule has 1 atom stereocenters. The largest absolute Gasteiger partial charge is 0.383 e. The highest BCUT2D eigenvalue weighted by molar-refractivity contribution is 6.08. The molecule has 0 saturated carbocycles. The van der Waals surface area contributed by atoms with Gasteiger partial charge in [0.05, 0.1) is 23.9 Å². The van der Waals surface area contributed by atoms with Gasteiger partial charge in [0.25, 0.3) is 11.5 Å². The zero-order chi connectivity index (χ0) is 25.5. The molecule has 36 heavy (non-hydrogen) atoms. The van der Waals surface area contributed by atoms with Gasteiger partial charge in [0.15, 0.2) is 0 Å². The number of ether oxygens (including phenoxy) is 1. The summed E-state index contributed by atoms with van der Waals surface area (Å²) in [6, 6.07) is 26.7. The number of carbonyl (C=O) groups is 1. The Labute approximate surface area is 212 Å². The van der Waals surface area contributed by atoms with Gasteiger partial charge in [-0.15, -0.1) is 0 Å². The molecule has 0 fully saturated rings. The topological polar surface area (TPSA) is 63.6 Å². The third-order valence-electron chi connectivity index (χ3n) is 6.44. The minimum atomic E-state index is -0.193. The molecular formula is C30H33N3O3. The van der Waals surface area contributed by atoms with Crippen LogP contribution in [0, 0.1) is 0 Å². The van der Waals surface area contributed by atoms with Crippen LogP contribution in [0.15, 0.2) is 89.7 Å². The van der Waals surface area contributed by atoms with Crippen molar-refractivity contribution < 1.29 is 9.53 Å². The van der Waals surface area contributed by atoms with Gasteiger partial charge in [0, 0.05) is 36.7 Å². The van der Waals surface area contributed by atoms with Gasteiger partial charge in [-0.05, 0) is 37.2 Å². The number of benzene rings is 3. The highest BCUT2D eigenvalue weighted by Crippen LogP contribution is 2.25. The zero-order valence-corrected chi connectivity index (χ0v) is 21.1. The Bertz CT molecular complexity index is 1370. The maximum atomic E-state index is 14.0. The molecule has 0 radical (unpaired) electrons. The maximum Gasteiger partial charge on any atom is 0.263 e. The smallest absolute Gasteiger partial charge is 0.263 e. The Hall–Kier alpha value is -3.74. The SMILES string of the molecule is CC[C@H](NC(=O)c1c(CN(C)CCOC)n(-c2ccccc2)c(=O)c2ccccc12)c1ccccc1. The molecule has 3 aromatic carbocycles. The predicted octanol–water partition coefficient (Wildman–Crippen LogP) is 4.95. The molecule has 6 heteroatoms. The van der Waals surface area contributed by atoms with Gasteiger partial charge in [-0.3, -0.25) is 19.1 Å². The van der Waals surface area contributed by atoms with E-state index in [1.807, 2.05) is 85.9 Å². The van der Waals surface area contributed by atoms with Crippen LogP contribution < -0.4 is 10.9 Å². The molecule has 1 heterocycles. The summed E-state index contributed by atoms with van der Waals surface area (Å²) in [5.41, 5.74) is 2.82. The molecule has 4 rings (SSSR count). The Kier molecular flexibility index (Phi) is 8.31. The number of hydrogen-bond donors (Lipinski definition) is 1. The van der Waals surface area contributed by atoms with E-state index in [9.17, 15) is 9.59 Å². The Morgan fingerprint density at radius 2 is 1.56 bits per heavy atom. The summed E-state index contributed by atoms with van der Waals surface area (Å²) in [4.78, 5) is 29.9. The first-order valence-electron chi connectivity index (χ1n) is 12.3. The summed E-state index contributed by atoms with van der Waals surface area (Å²) in [7, 11) is 3.63. The number of aromatic nitrogens is 1. The van der Waals surface area contributed by atoms with Crippen molar-refractivity contribution in [1.82, 2.24) is 14.8 Å². The van der Waals surface area contributed by atoms with Crippen LogP contribution in [0.1, 0.15) is 41.0 Å². The van der Waals surface area contributed by atoms with Crippen molar-refractivity contribution in [2.24, 2.45) is 0 Å². The summed E-state index contributed by atoms with van der Waals surface area (Å²) in [5, 5.41) is 4.42. The molecule has 6 nitrogen and oxygen atoms in total. The first-order chi connectivity index (χ1) is 17.5. The highest BCUT2D eigenvalue weighted by Gasteiger charge is 2.25. The van der Waals surface area contributed by atoms with Crippen LogP contribution >= 0.6 is 0 Å². The number of carbonyl (C=O) groups excluding carboxylic acids is 1. The second kappa shape index (κ2) is 11.8. The van der Waals surface area contributed by atoms with E-state index in [1.54, 1.807) is 17.7 Å². The fourth-order valence-electron chi connectivity index (χ4n) is 4.57. The predicted molar refractivity (Wildman–Crippen MR) is 145 cm³/mol. The first-order valence-corrected chi connectivity index (χ1v) is 12.3. The molecular weight excluding hydrogens is 450 g/mol. The monoisotopic (exact) mass is 483 g/mol. The van der Waals surface area contributed by atoms with E-state index in [-0.39, 0.29) is 17.5 Å². The second-order valence-electron chi connectivity index (χ2n) is 8.92. The lowest BCUT2D eigenvalue weighted by Crippen LogP contribution is -2.35. The normalized spacial score (nSPS) is 12.1. The van der Waals surface area contributed by atoms with Crippen molar-refractivity contribution in [3.8, 4) is 5.69 Å². The number of hydrogen-bond acceptors (Lipinski definition) is 4. The van der Waals surface area contributed by atoms with Gasteiger partial charge >= 0.3 is 0 Å². The molecule has 0 saturated heterocycles. The van der Waals surface area contributed by atoms with Crippen molar-refractivity contribution in [2.45, 2.75) is 25.9 Å². The van der Waals surface area contributed by atoms with E-state index in [4.69, 9.17) is 4.74 Å². The lowest BCUT2D eigenvalue weighted by molar-refractivity contribution is 0.0934.